The van der Waals surface area contributed by atoms with Crippen molar-refractivity contribution in [2.24, 2.45) is 5.10 Å². The fourth-order valence-electron chi connectivity index (χ4n) is 1.66. The average molecular weight is 272 g/mol. The maximum absolute atomic E-state index is 11.8. The van der Waals surface area contributed by atoms with Crippen molar-refractivity contribution >= 4 is 11.6 Å². The third-order valence-corrected chi connectivity index (χ3v) is 2.78. The molecule has 1 aromatic heterocycles. The second kappa shape index (κ2) is 6.06. The zero-order valence-electron chi connectivity index (χ0n) is 11.6. The Morgan fingerprint density at radius 2 is 2.10 bits per heavy atom. The summed E-state index contributed by atoms with van der Waals surface area (Å²) in [5.41, 5.74) is 4.02. The third-order valence-electron chi connectivity index (χ3n) is 2.78. The molecule has 0 aliphatic carbocycles. The van der Waals surface area contributed by atoms with Crippen molar-refractivity contribution in [1.82, 2.24) is 5.43 Å². The summed E-state index contributed by atoms with van der Waals surface area (Å²) in [5.74, 6) is 1.29. The van der Waals surface area contributed by atoms with Gasteiger partial charge in [-0.05, 0) is 38.1 Å². The predicted molar refractivity (Wildman–Crippen MR) is 76.1 cm³/mol. The summed E-state index contributed by atoms with van der Waals surface area (Å²) in [5, 5.41) is 4.06. The molecule has 20 heavy (non-hydrogen) atoms. The van der Waals surface area contributed by atoms with Crippen LogP contribution in [0.2, 0.25) is 0 Å². The molecular formula is C15H16N2O3. The molecule has 2 aromatic rings. The fourth-order valence-corrected chi connectivity index (χ4v) is 1.66. The largest absolute Gasteiger partial charge is 0.497 e. The Hall–Kier alpha value is -2.56. The summed E-state index contributed by atoms with van der Waals surface area (Å²) in [6, 6.07) is 10.8. The molecule has 0 spiro atoms. The molecule has 1 N–H and O–H groups in total. The molecule has 0 radical (unpaired) electrons. The number of hydrogen-bond donors (Lipinski definition) is 1. The lowest BCUT2D eigenvalue weighted by molar-refractivity contribution is 0.0926. The lowest BCUT2D eigenvalue weighted by atomic mass is 10.1. The molecule has 0 unspecified atom stereocenters. The molecule has 5 heteroatoms. The molecule has 0 aliphatic rings. The third kappa shape index (κ3) is 3.26. The van der Waals surface area contributed by atoms with E-state index in [1.165, 1.54) is 0 Å². The first-order valence-electron chi connectivity index (χ1n) is 6.15. The van der Waals surface area contributed by atoms with Gasteiger partial charge in [-0.2, -0.15) is 5.10 Å². The van der Waals surface area contributed by atoms with Gasteiger partial charge in [-0.15, -0.1) is 0 Å². The van der Waals surface area contributed by atoms with Gasteiger partial charge in [0.2, 0.25) is 0 Å². The Kier molecular flexibility index (Phi) is 4.20. The first-order valence-corrected chi connectivity index (χ1v) is 6.15. The second-order valence-corrected chi connectivity index (χ2v) is 4.28. The number of ether oxygens (including phenoxy) is 1. The molecule has 0 bridgehead atoms. The van der Waals surface area contributed by atoms with E-state index in [4.69, 9.17) is 9.15 Å². The Labute approximate surface area is 117 Å². The van der Waals surface area contributed by atoms with Crippen LogP contribution in [0, 0.1) is 6.92 Å². The number of furan rings is 1. The van der Waals surface area contributed by atoms with Crippen LogP contribution in [0.3, 0.4) is 0 Å². The smallest absolute Gasteiger partial charge is 0.307 e. The highest BCUT2D eigenvalue weighted by Crippen LogP contribution is 2.13. The average Bonchev–Trinajstić information content (AvgIpc) is 2.91. The minimum absolute atomic E-state index is 0.240. The van der Waals surface area contributed by atoms with E-state index in [1.54, 1.807) is 26.2 Å². The molecule has 1 amide bonds. The first-order chi connectivity index (χ1) is 9.60. The Balaban J connectivity index is 2.08. The van der Waals surface area contributed by atoms with Gasteiger partial charge < -0.3 is 9.15 Å². The number of hydrazone groups is 1. The Morgan fingerprint density at radius 3 is 2.75 bits per heavy atom. The zero-order valence-corrected chi connectivity index (χ0v) is 11.6. The van der Waals surface area contributed by atoms with Crippen LogP contribution in [0.25, 0.3) is 0 Å². The van der Waals surface area contributed by atoms with Gasteiger partial charge in [0.05, 0.1) is 12.8 Å². The number of aryl methyl sites for hydroxylation is 1. The van der Waals surface area contributed by atoms with Crippen molar-refractivity contribution in [3.8, 4) is 5.75 Å². The van der Waals surface area contributed by atoms with Crippen molar-refractivity contribution in [3.63, 3.8) is 0 Å². The van der Waals surface area contributed by atoms with Crippen LogP contribution >= 0.6 is 0 Å². The Morgan fingerprint density at radius 1 is 1.30 bits per heavy atom. The van der Waals surface area contributed by atoms with Gasteiger partial charge in [0, 0.05) is 5.56 Å². The van der Waals surface area contributed by atoms with Crippen molar-refractivity contribution in [1.29, 1.82) is 0 Å². The van der Waals surface area contributed by atoms with Crippen LogP contribution in [0.1, 0.15) is 28.8 Å². The monoisotopic (exact) mass is 272 g/mol. The molecule has 1 aromatic carbocycles. The minimum atomic E-state index is -0.375. The SMILES string of the molecule is COc1cccc(/C(C)=N/NC(=O)c2ccc(C)o2)c1. The standard InChI is InChI=1S/C15H16N2O3/c1-10-7-8-14(20-10)15(18)17-16-11(2)12-5-4-6-13(9-12)19-3/h4-9H,1-3H3,(H,17,18)/b16-11+. The van der Waals surface area contributed by atoms with Crippen molar-refractivity contribution in [3.05, 3.63) is 53.5 Å². The number of rotatable bonds is 4. The predicted octanol–water partition coefficient (Wildman–Crippen LogP) is 2.75. The molecule has 104 valence electrons. The van der Waals surface area contributed by atoms with Crippen LogP contribution in [0.5, 0.6) is 5.75 Å². The van der Waals surface area contributed by atoms with E-state index in [2.05, 4.69) is 10.5 Å². The molecular weight excluding hydrogens is 256 g/mol. The lowest BCUT2D eigenvalue weighted by Crippen LogP contribution is -2.18. The number of carbonyl (C=O) groups excluding carboxylic acids is 1. The van der Waals surface area contributed by atoms with E-state index in [1.807, 2.05) is 31.2 Å². The molecule has 0 atom stereocenters. The summed E-state index contributed by atoms with van der Waals surface area (Å²) in [4.78, 5) is 11.8. The maximum atomic E-state index is 11.8. The number of amides is 1. The molecule has 0 saturated heterocycles. The van der Waals surface area contributed by atoms with E-state index >= 15 is 0 Å². The van der Waals surface area contributed by atoms with E-state index in [0.717, 1.165) is 11.3 Å². The number of carbonyl (C=O) groups is 1. The van der Waals surface area contributed by atoms with E-state index in [0.29, 0.717) is 11.5 Å². The summed E-state index contributed by atoms with van der Waals surface area (Å²) in [6.07, 6.45) is 0. The zero-order chi connectivity index (χ0) is 14.5. The topological polar surface area (TPSA) is 63.8 Å². The first kappa shape index (κ1) is 13.9. The number of methoxy groups -OCH3 is 1. The van der Waals surface area contributed by atoms with Crippen LogP contribution in [0.15, 0.2) is 45.9 Å². The van der Waals surface area contributed by atoms with Gasteiger partial charge in [0.25, 0.3) is 0 Å². The van der Waals surface area contributed by atoms with E-state index < -0.39 is 0 Å². The molecule has 0 fully saturated rings. The quantitative estimate of drug-likeness (QED) is 0.687. The summed E-state index contributed by atoms with van der Waals surface area (Å²) in [6.45, 7) is 3.59. The van der Waals surface area contributed by atoms with Crippen LogP contribution in [-0.4, -0.2) is 18.7 Å². The van der Waals surface area contributed by atoms with E-state index in [-0.39, 0.29) is 11.7 Å². The number of nitrogens with one attached hydrogen (secondary N) is 1. The highest BCUT2D eigenvalue weighted by molar-refractivity contribution is 6.00. The number of hydrogen-bond acceptors (Lipinski definition) is 4. The van der Waals surface area contributed by atoms with Crippen molar-refractivity contribution < 1.29 is 13.9 Å². The van der Waals surface area contributed by atoms with Crippen LogP contribution in [-0.2, 0) is 0 Å². The van der Waals surface area contributed by atoms with Gasteiger partial charge >= 0.3 is 5.91 Å². The van der Waals surface area contributed by atoms with Gasteiger partial charge in [-0.1, -0.05) is 12.1 Å². The number of benzene rings is 1. The van der Waals surface area contributed by atoms with Crippen molar-refractivity contribution in [2.75, 3.05) is 7.11 Å². The molecule has 0 saturated carbocycles. The molecule has 2 rings (SSSR count). The fraction of sp³-hybridized carbons (Fsp3) is 0.200. The summed E-state index contributed by atoms with van der Waals surface area (Å²) >= 11 is 0. The normalized spacial score (nSPS) is 11.2. The summed E-state index contributed by atoms with van der Waals surface area (Å²) < 4.78 is 10.4. The molecule has 1 heterocycles. The highest BCUT2D eigenvalue weighted by atomic mass is 16.5. The molecule has 5 nitrogen and oxygen atoms in total. The van der Waals surface area contributed by atoms with Crippen LogP contribution < -0.4 is 10.2 Å². The van der Waals surface area contributed by atoms with Gasteiger partial charge in [0.1, 0.15) is 11.5 Å². The van der Waals surface area contributed by atoms with Crippen LogP contribution in [0.4, 0.5) is 0 Å². The second-order valence-electron chi connectivity index (χ2n) is 4.28. The van der Waals surface area contributed by atoms with Gasteiger partial charge in [-0.25, -0.2) is 5.43 Å². The molecule has 0 aliphatic heterocycles. The van der Waals surface area contributed by atoms with Gasteiger partial charge in [-0.3, -0.25) is 4.79 Å². The van der Waals surface area contributed by atoms with E-state index in [9.17, 15) is 4.79 Å². The lowest BCUT2D eigenvalue weighted by Gasteiger charge is -2.04. The highest BCUT2D eigenvalue weighted by Gasteiger charge is 2.09. The Bertz CT molecular complexity index is 644. The van der Waals surface area contributed by atoms with Gasteiger partial charge in [0.15, 0.2) is 5.76 Å². The maximum Gasteiger partial charge on any atom is 0.307 e. The minimum Gasteiger partial charge on any atom is -0.497 e. The van der Waals surface area contributed by atoms with Crippen molar-refractivity contribution in [2.45, 2.75) is 13.8 Å². The summed E-state index contributed by atoms with van der Waals surface area (Å²) in [7, 11) is 1.60. The number of nitrogens with zero attached hydrogens (tertiary/aromatic N) is 1.